The summed E-state index contributed by atoms with van der Waals surface area (Å²) in [6.45, 7) is 13.4. The molecule has 0 spiro atoms. The summed E-state index contributed by atoms with van der Waals surface area (Å²) in [5, 5.41) is 3.41. The fourth-order valence-electron chi connectivity index (χ4n) is 1.58. The number of likely N-dealkylation sites (N-methyl/N-ethyl adjacent to an activating group) is 2. The highest BCUT2D eigenvalue weighted by atomic mass is 15.2. The first kappa shape index (κ1) is 11.9. The molecule has 0 saturated carbocycles. The Morgan fingerprint density at radius 1 is 1.08 bits per heavy atom. The molecule has 2 nitrogen and oxygen atoms in total. The van der Waals surface area contributed by atoms with E-state index in [4.69, 9.17) is 0 Å². The number of nitrogens with zero attached hydrogens (tertiary/aromatic N) is 1. The van der Waals surface area contributed by atoms with Gasteiger partial charge in [0.2, 0.25) is 0 Å². The molecular formula is C10H24N2. The van der Waals surface area contributed by atoms with Gasteiger partial charge < -0.3 is 5.32 Å². The van der Waals surface area contributed by atoms with Crippen LogP contribution in [0.25, 0.3) is 0 Å². The van der Waals surface area contributed by atoms with Crippen molar-refractivity contribution in [1.29, 1.82) is 0 Å². The summed E-state index contributed by atoms with van der Waals surface area (Å²) in [6, 6.07) is 0.722. The molecule has 0 fully saturated rings. The van der Waals surface area contributed by atoms with Crippen LogP contribution in [0.5, 0.6) is 0 Å². The zero-order chi connectivity index (χ0) is 9.40. The third kappa shape index (κ3) is 4.07. The number of hydrogen-bond donors (Lipinski definition) is 1. The van der Waals surface area contributed by atoms with Crippen LogP contribution in [-0.4, -0.2) is 37.1 Å². The van der Waals surface area contributed by atoms with Crippen molar-refractivity contribution < 1.29 is 0 Å². The van der Waals surface area contributed by atoms with Crippen molar-refractivity contribution in [3.63, 3.8) is 0 Å². The fourth-order valence-corrected chi connectivity index (χ4v) is 1.58. The Kier molecular flexibility index (Phi) is 7.51. The maximum atomic E-state index is 3.41. The van der Waals surface area contributed by atoms with Crippen LogP contribution in [0.15, 0.2) is 0 Å². The van der Waals surface area contributed by atoms with Gasteiger partial charge in [0.1, 0.15) is 0 Å². The molecule has 0 heterocycles. The summed E-state index contributed by atoms with van der Waals surface area (Å²) in [5.74, 6) is 0. The van der Waals surface area contributed by atoms with Crippen LogP contribution in [0.4, 0.5) is 0 Å². The van der Waals surface area contributed by atoms with Gasteiger partial charge in [-0.2, -0.15) is 0 Å². The average Bonchev–Trinajstić information content (AvgIpc) is 2.12. The Morgan fingerprint density at radius 3 is 2.00 bits per heavy atom. The van der Waals surface area contributed by atoms with Crippen molar-refractivity contribution >= 4 is 0 Å². The van der Waals surface area contributed by atoms with Gasteiger partial charge >= 0.3 is 0 Å². The molecule has 1 unspecified atom stereocenters. The molecule has 0 aliphatic rings. The van der Waals surface area contributed by atoms with Gasteiger partial charge in [-0.1, -0.05) is 27.7 Å². The minimum absolute atomic E-state index is 0.722. The van der Waals surface area contributed by atoms with E-state index in [0.29, 0.717) is 0 Å². The van der Waals surface area contributed by atoms with Gasteiger partial charge in [-0.05, 0) is 26.1 Å². The van der Waals surface area contributed by atoms with Gasteiger partial charge in [-0.3, -0.25) is 4.90 Å². The van der Waals surface area contributed by atoms with Crippen LogP contribution in [0, 0.1) is 0 Å². The molecule has 0 aromatic heterocycles. The smallest absolute Gasteiger partial charge is 0.0217 e. The normalized spacial score (nSPS) is 13.8. The SMILES string of the molecule is CCNCC(CC)N(CC)CC. The quantitative estimate of drug-likeness (QED) is 0.629. The Morgan fingerprint density at radius 2 is 1.67 bits per heavy atom. The number of hydrogen-bond acceptors (Lipinski definition) is 2. The first-order valence-corrected chi connectivity index (χ1v) is 5.24. The highest BCUT2D eigenvalue weighted by molar-refractivity contribution is 4.70. The molecule has 0 aliphatic carbocycles. The van der Waals surface area contributed by atoms with Crippen molar-refractivity contribution in [2.75, 3.05) is 26.2 Å². The predicted octanol–water partition coefficient (Wildman–Crippen LogP) is 1.72. The van der Waals surface area contributed by atoms with E-state index in [9.17, 15) is 0 Å². The molecule has 1 N–H and O–H groups in total. The van der Waals surface area contributed by atoms with Crippen LogP contribution in [-0.2, 0) is 0 Å². The Bertz CT molecular complexity index is 89.8. The average molecular weight is 172 g/mol. The zero-order valence-corrected chi connectivity index (χ0v) is 9.06. The molecule has 0 aromatic carbocycles. The molecule has 0 radical (unpaired) electrons. The van der Waals surface area contributed by atoms with Crippen LogP contribution in [0.2, 0.25) is 0 Å². The van der Waals surface area contributed by atoms with Crippen LogP contribution in [0.1, 0.15) is 34.1 Å². The predicted molar refractivity (Wildman–Crippen MR) is 55.5 cm³/mol. The maximum Gasteiger partial charge on any atom is 0.0217 e. The van der Waals surface area contributed by atoms with E-state index in [2.05, 4.69) is 37.9 Å². The van der Waals surface area contributed by atoms with Gasteiger partial charge in [-0.15, -0.1) is 0 Å². The third-order valence-electron chi connectivity index (χ3n) is 2.43. The second-order valence-corrected chi connectivity index (χ2v) is 3.09. The lowest BCUT2D eigenvalue weighted by molar-refractivity contribution is 0.207. The van der Waals surface area contributed by atoms with Gasteiger partial charge in [0.15, 0.2) is 0 Å². The van der Waals surface area contributed by atoms with E-state index in [1.54, 1.807) is 0 Å². The van der Waals surface area contributed by atoms with Gasteiger partial charge in [-0.25, -0.2) is 0 Å². The van der Waals surface area contributed by atoms with E-state index in [0.717, 1.165) is 19.1 Å². The summed E-state index contributed by atoms with van der Waals surface area (Å²) in [4.78, 5) is 2.52. The molecule has 74 valence electrons. The summed E-state index contributed by atoms with van der Waals surface area (Å²) in [7, 11) is 0. The summed E-state index contributed by atoms with van der Waals surface area (Å²) in [6.07, 6.45) is 1.24. The lowest BCUT2D eigenvalue weighted by Crippen LogP contribution is -2.41. The molecule has 0 aromatic rings. The minimum atomic E-state index is 0.722. The summed E-state index contributed by atoms with van der Waals surface area (Å²) in [5.41, 5.74) is 0. The topological polar surface area (TPSA) is 15.3 Å². The number of rotatable bonds is 7. The molecule has 2 heteroatoms. The highest BCUT2D eigenvalue weighted by Gasteiger charge is 2.11. The number of nitrogens with one attached hydrogen (secondary N) is 1. The first-order chi connectivity index (χ1) is 5.79. The largest absolute Gasteiger partial charge is 0.315 e. The van der Waals surface area contributed by atoms with Crippen molar-refractivity contribution in [2.24, 2.45) is 0 Å². The van der Waals surface area contributed by atoms with Crippen LogP contribution >= 0.6 is 0 Å². The van der Waals surface area contributed by atoms with E-state index >= 15 is 0 Å². The molecule has 0 bridgehead atoms. The van der Waals surface area contributed by atoms with E-state index < -0.39 is 0 Å². The molecule has 12 heavy (non-hydrogen) atoms. The molecule has 0 aliphatic heterocycles. The lowest BCUT2D eigenvalue weighted by atomic mass is 10.2. The Labute approximate surface area is 77.3 Å². The lowest BCUT2D eigenvalue weighted by Gasteiger charge is -2.28. The Hall–Kier alpha value is -0.0800. The molecule has 0 rings (SSSR count). The van der Waals surface area contributed by atoms with Gasteiger partial charge in [0, 0.05) is 12.6 Å². The van der Waals surface area contributed by atoms with Crippen molar-refractivity contribution in [3.8, 4) is 0 Å². The van der Waals surface area contributed by atoms with Crippen molar-refractivity contribution in [2.45, 2.75) is 40.2 Å². The van der Waals surface area contributed by atoms with Gasteiger partial charge in [0.05, 0.1) is 0 Å². The molecule has 0 amide bonds. The van der Waals surface area contributed by atoms with E-state index in [1.807, 2.05) is 0 Å². The van der Waals surface area contributed by atoms with Crippen molar-refractivity contribution in [1.82, 2.24) is 10.2 Å². The van der Waals surface area contributed by atoms with Crippen LogP contribution < -0.4 is 5.32 Å². The second kappa shape index (κ2) is 7.56. The summed E-state index contributed by atoms with van der Waals surface area (Å²) < 4.78 is 0. The Balaban J connectivity index is 3.75. The minimum Gasteiger partial charge on any atom is -0.315 e. The second-order valence-electron chi connectivity index (χ2n) is 3.09. The van der Waals surface area contributed by atoms with Crippen molar-refractivity contribution in [3.05, 3.63) is 0 Å². The maximum absolute atomic E-state index is 3.41. The van der Waals surface area contributed by atoms with Gasteiger partial charge in [0.25, 0.3) is 0 Å². The standard InChI is InChI=1S/C10H24N2/c1-5-10(9-11-6-2)12(7-3)8-4/h10-11H,5-9H2,1-4H3. The molecule has 0 saturated heterocycles. The third-order valence-corrected chi connectivity index (χ3v) is 2.43. The fraction of sp³-hybridized carbons (Fsp3) is 1.00. The van der Waals surface area contributed by atoms with Crippen LogP contribution in [0.3, 0.4) is 0 Å². The molecule has 1 atom stereocenters. The molecular weight excluding hydrogens is 148 g/mol. The zero-order valence-electron chi connectivity index (χ0n) is 9.06. The summed E-state index contributed by atoms with van der Waals surface area (Å²) >= 11 is 0. The van der Waals surface area contributed by atoms with E-state index in [-0.39, 0.29) is 0 Å². The highest BCUT2D eigenvalue weighted by Crippen LogP contribution is 2.01. The van der Waals surface area contributed by atoms with E-state index in [1.165, 1.54) is 19.5 Å². The first-order valence-electron chi connectivity index (χ1n) is 5.24. The monoisotopic (exact) mass is 172 g/mol.